The van der Waals surface area contributed by atoms with Gasteiger partial charge in [-0.15, -0.1) is 0 Å². The Morgan fingerprint density at radius 3 is 2.20 bits per heavy atom. The van der Waals surface area contributed by atoms with Crippen molar-refractivity contribution in [2.24, 2.45) is 0 Å². The Bertz CT molecular complexity index is 822. The van der Waals surface area contributed by atoms with Crippen molar-refractivity contribution in [3.05, 3.63) is 65.7 Å². The Morgan fingerprint density at radius 2 is 1.52 bits per heavy atom. The molecule has 1 N–H and O–H groups in total. The number of carbonyl (C=O) groups excluding carboxylic acids is 2. The minimum Gasteiger partial charge on any atom is -0.372 e. The number of nitrogens with zero attached hydrogens (tertiary/aromatic N) is 2. The first-order valence-corrected chi connectivity index (χ1v) is 8.49. The highest BCUT2D eigenvalue weighted by Gasteiger charge is 2.34. The Hall–Kier alpha value is -3.08. The van der Waals surface area contributed by atoms with Crippen molar-refractivity contribution in [1.29, 1.82) is 0 Å². The van der Waals surface area contributed by atoms with Crippen molar-refractivity contribution in [2.75, 3.05) is 23.0 Å². The number of amides is 2. The Balaban J connectivity index is 1.56. The van der Waals surface area contributed by atoms with E-state index in [-0.39, 0.29) is 17.4 Å². The number of hydrogen-bond donors (Lipinski definition) is 1. The number of para-hydroxylation sites is 1. The average Bonchev–Trinajstić information content (AvgIpc) is 3.27. The van der Waals surface area contributed by atoms with Crippen LogP contribution in [-0.4, -0.2) is 24.9 Å². The molecule has 0 spiro atoms. The molecule has 2 aliphatic heterocycles. The predicted molar refractivity (Wildman–Crippen MR) is 97.9 cm³/mol. The second-order valence-corrected chi connectivity index (χ2v) is 6.26. The van der Waals surface area contributed by atoms with Crippen molar-refractivity contribution in [3.8, 4) is 0 Å². The second-order valence-electron chi connectivity index (χ2n) is 6.26. The first-order valence-electron chi connectivity index (χ1n) is 8.49. The van der Waals surface area contributed by atoms with E-state index in [1.165, 1.54) is 23.5 Å². The van der Waals surface area contributed by atoms with Gasteiger partial charge in [0.1, 0.15) is 5.57 Å². The molecule has 2 fully saturated rings. The molecular formula is C20H19N3O2. The van der Waals surface area contributed by atoms with E-state index >= 15 is 0 Å². The summed E-state index contributed by atoms with van der Waals surface area (Å²) in [6.45, 7) is 2.18. The molecule has 2 aromatic carbocycles. The van der Waals surface area contributed by atoms with Gasteiger partial charge in [-0.1, -0.05) is 30.3 Å². The minimum atomic E-state index is -0.377. The maximum atomic E-state index is 12.6. The zero-order valence-corrected chi connectivity index (χ0v) is 13.8. The number of nitrogens with one attached hydrogen (secondary N) is 1. The standard InChI is InChI=1S/C20H19N3O2/c24-19-18(20(25)23(21-19)17-6-2-1-3-7-17)14-15-8-10-16(11-9-15)22-12-4-5-13-22/h1-3,6-11,14H,4-5,12-13H2,(H,21,24)/b18-14+. The molecule has 0 atom stereocenters. The van der Waals surface area contributed by atoms with Crippen LogP contribution in [0.5, 0.6) is 0 Å². The average molecular weight is 333 g/mol. The van der Waals surface area contributed by atoms with Crippen LogP contribution in [0, 0.1) is 0 Å². The van der Waals surface area contributed by atoms with Crippen molar-refractivity contribution in [1.82, 2.24) is 5.43 Å². The Morgan fingerprint density at radius 1 is 0.840 bits per heavy atom. The lowest BCUT2D eigenvalue weighted by Crippen LogP contribution is -2.35. The lowest BCUT2D eigenvalue weighted by Gasteiger charge is -2.17. The van der Waals surface area contributed by atoms with E-state index in [4.69, 9.17) is 0 Å². The normalized spacial score (nSPS) is 19.0. The molecule has 2 heterocycles. The monoisotopic (exact) mass is 333 g/mol. The van der Waals surface area contributed by atoms with Crippen LogP contribution in [0.2, 0.25) is 0 Å². The summed E-state index contributed by atoms with van der Waals surface area (Å²) < 4.78 is 0. The summed E-state index contributed by atoms with van der Waals surface area (Å²) in [7, 11) is 0. The molecule has 2 aromatic rings. The highest BCUT2D eigenvalue weighted by Crippen LogP contribution is 2.23. The largest absolute Gasteiger partial charge is 0.372 e. The fourth-order valence-corrected chi connectivity index (χ4v) is 3.24. The molecule has 2 saturated heterocycles. The van der Waals surface area contributed by atoms with Crippen molar-refractivity contribution in [2.45, 2.75) is 12.8 Å². The fourth-order valence-electron chi connectivity index (χ4n) is 3.24. The molecule has 5 heteroatoms. The number of rotatable bonds is 3. The molecule has 0 radical (unpaired) electrons. The molecule has 0 aromatic heterocycles. The lowest BCUT2D eigenvalue weighted by atomic mass is 10.1. The summed E-state index contributed by atoms with van der Waals surface area (Å²) in [5, 5.41) is 1.28. The van der Waals surface area contributed by atoms with Gasteiger partial charge in [-0.05, 0) is 48.7 Å². The maximum Gasteiger partial charge on any atom is 0.282 e. The molecule has 4 rings (SSSR count). The van der Waals surface area contributed by atoms with E-state index in [2.05, 4.69) is 10.3 Å². The minimum absolute atomic E-state index is 0.151. The molecule has 25 heavy (non-hydrogen) atoms. The molecule has 126 valence electrons. The fraction of sp³-hybridized carbons (Fsp3) is 0.200. The molecule has 2 amide bonds. The van der Waals surface area contributed by atoms with Gasteiger partial charge in [0, 0.05) is 18.8 Å². The van der Waals surface area contributed by atoms with Gasteiger partial charge in [-0.3, -0.25) is 15.0 Å². The molecule has 0 aliphatic carbocycles. The zero-order valence-electron chi connectivity index (χ0n) is 13.8. The summed E-state index contributed by atoms with van der Waals surface area (Å²) in [5.41, 5.74) is 5.44. The number of hydrogen-bond acceptors (Lipinski definition) is 3. The SMILES string of the molecule is O=C1NN(c2ccccc2)C(=O)/C1=C/c1ccc(N2CCCC2)cc1. The van der Waals surface area contributed by atoms with Gasteiger partial charge in [-0.25, -0.2) is 5.01 Å². The Kier molecular flexibility index (Phi) is 3.98. The quantitative estimate of drug-likeness (QED) is 0.694. The maximum absolute atomic E-state index is 12.6. The highest BCUT2D eigenvalue weighted by molar-refractivity contribution is 6.31. The smallest absolute Gasteiger partial charge is 0.282 e. The van der Waals surface area contributed by atoms with E-state index < -0.39 is 0 Å². The summed E-state index contributed by atoms with van der Waals surface area (Å²) >= 11 is 0. The zero-order chi connectivity index (χ0) is 17.2. The number of hydrazine groups is 1. The lowest BCUT2D eigenvalue weighted by molar-refractivity contribution is -0.117. The van der Waals surface area contributed by atoms with Crippen molar-refractivity contribution in [3.63, 3.8) is 0 Å². The molecule has 0 unspecified atom stereocenters. The summed E-state index contributed by atoms with van der Waals surface area (Å²) in [5.74, 6) is -0.711. The van der Waals surface area contributed by atoms with Crippen LogP contribution < -0.4 is 15.3 Å². The number of carbonyl (C=O) groups is 2. The first-order chi connectivity index (χ1) is 12.2. The Labute approximate surface area is 146 Å². The van der Waals surface area contributed by atoms with Crippen LogP contribution in [0.15, 0.2) is 60.2 Å². The van der Waals surface area contributed by atoms with Crippen LogP contribution in [0.1, 0.15) is 18.4 Å². The number of benzene rings is 2. The van der Waals surface area contributed by atoms with Crippen molar-refractivity contribution >= 4 is 29.3 Å². The summed E-state index contributed by atoms with van der Waals surface area (Å²) in [4.78, 5) is 27.1. The van der Waals surface area contributed by atoms with Crippen molar-refractivity contribution < 1.29 is 9.59 Å². The van der Waals surface area contributed by atoms with Crippen LogP contribution in [0.25, 0.3) is 6.08 Å². The van der Waals surface area contributed by atoms with Gasteiger partial charge in [-0.2, -0.15) is 0 Å². The second kappa shape index (κ2) is 6.43. The van der Waals surface area contributed by atoms with Gasteiger partial charge in [0.2, 0.25) is 0 Å². The molecular weight excluding hydrogens is 314 g/mol. The van der Waals surface area contributed by atoms with Gasteiger partial charge in [0.15, 0.2) is 0 Å². The van der Waals surface area contributed by atoms with E-state index in [9.17, 15) is 9.59 Å². The predicted octanol–water partition coefficient (Wildman–Crippen LogP) is 2.75. The summed E-state index contributed by atoms with van der Waals surface area (Å²) in [6.07, 6.45) is 4.11. The van der Waals surface area contributed by atoms with Gasteiger partial charge < -0.3 is 4.90 Å². The third-order valence-corrected chi connectivity index (χ3v) is 4.58. The van der Waals surface area contributed by atoms with E-state index in [1.807, 2.05) is 42.5 Å². The molecule has 0 saturated carbocycles. The first kappa shape index (κ1) is 15.4. The van der Waals surface area contributed by atoms with Crippen LogP contribution in [0.4, 0.5) is 11.4 Å². The van der Waals surface area contributed by atoms with E-state index in [0.717, 1.165) is 18.7 Å². The molecule has 0 bridgehead atoms. The summed E-state index contributed by atoms with van der Waals surface area (Å²) in [6, 6.07) is 17.1. The van der Waals surface area contributed by atoms with Crippen LogP contribution >= 0.6 is 0 Å². The van der Waals surface area contributed by atoms with E-state index in [1.54, 1.807) is 18.2 Å². The number of anilines is 2. The third kappa shape index (κ3) is 3.01. The molecule has 2 aliphatic rings. The topological polar surface area (TPSA) is 52.7 Å². The van der Waals surface area contributed by atoms with Gasteiger partial charge >= 0.3 is 0 Å². The van der Waals surface area contributed by atoms with E-state index in [0.29, 0.717) is 5.69 Å². The molecule has 5 nitrogen and oxygen atoms in total. The third-order valence-electron chi connectivity index (χ3n) is 4.58. The highest BCUT2D eigenvalue weighted by atomic mass is 16.2. The van der Waals surface area contributed by atoms with Crippen LogP contribution in [-0.2, 0) is 9.59 Å². The van der Waals surface area contributed by atoms with Gasteiger partial charge in [0.05, 0.1) is 5.69 Å². The van der Waals surface area contributed by atoms with Crippen LogP contribution in [0.3, 0.4) is 0 Å². The van der Waals surface area contributed by atoms with Gasteiger partial charge in [0.25, 0.3) is 11.8 Å².